The molecule has 0 aliphatic rings. The van der Waals surface area contributed by atoms with Crippen LogP contribution in [0.2, 0.25) is 0 Å². The first kappa shape index (κ1) is 15.3. The van der Waals surface area contributed by atoms with Crippen LogP contribution in [0.3, 0.4) is 0 Å². The van der Waals surface area contributed by atoms with E-state index in [1.54, 1.807) is 0 Å². The quantitative estimate of drug-likeness (QED) is 0.665. The number of anilines is 1. The minimum atomic E-state index is -4.09. The van der Waals surface area contributed by atoms with Crippen molar-refractivity contribution in [3.8, 4) is 0 Å². The summed E-state index contributed by atoms with van der Waals surface area (Å²) >= 11 is 1.09. The van der Waals surface area contributed by atoms with E-state index < -0.39 is 25.5 Å². The normalized spacial score (nSPS) is 11.6. The minimum absolute atomic E-state index is 0.0804. The van der Waals surface area contributed by atoms with Gasteiger partial charge in [0.15, 0.2) is 4.90 Å². The molecular weight excluding hydrogens is 316 g/mol. The fourth-order valence-corrected chi connectivity index (χ4v) is 3.66. The van der Waals surface area contributed by atoms with Crippen LogP contribution in [0.1, 0.15) is 24.8 Å². The van der Waals surface area contributed by atoms with Crippen LogP contribution in [-0.4, -0.2) is 23.5 Å². The number of sulfonamides is 1. The van der Waals surface area contributed by atoms with Gasteiger partial charge in [-0.05, 0) is 6.07 Å². The van der Waals surface area contributed by atoms with Gasteiger partial charge in [0.1, 0.15) is 5.01 Å². The van der Waals surface area contributed by atoms with Gasteiger partial charge in [-0.1, -0.05) is 37.3 Å². The molecule has 0 bridgehead atoms. The highest BCUT2D eigenvalue weighted by molar-refractivity contribution is 7.93. The van der Waals surface area contributed by atoms with Gasteiger partial charge < -0.3 is 0 Å². The van der Waals surface area contributed by atoms with Gasteiger partial charge in [0.2, 0.25) is 5.13 Å². The number of benzene rings is 1. The van der Waals surface area contributed by atoms with Gasteiger partial charge >= 0.3 is 0 Å². The molecule has 1 heterocycles. The summed E-state index contributed by atoms with van der Waals surface area (Å²) in [7, 11) is -4.09. The van der Waals surface area contributed by atoms with E-state index >= 15 is 0 Å². The Morgan fingerprint density at radius 2 is 1.95 bits per heavy atom. The van der Waals surface area contributed by atoms with E-state index in [0.717, 1.165) is 17.4 Å². The summed E-state index contributed by atoms with van der Waals surface area (Å²) in [5.41, 5.74) is -0.487. The molecule has 2 rings (SSSR count). The first-order chi connectivity index (χ1) is 9.81. The molecule has 0 aliphatic heterocycles. The molecule has 0 amide bonds. The van der Waals surface area contributed by atoms with Crippen LogP contribution in [0, 0.1) is 10.1 Å². The molecule has 0 unspecified atom stereocenters. The van der Waals surface area contributed by atoms with E-state index in [2.05, 4.69) is 14.9 Å². The number of nitro benzene ring substituents is 1. The van der Waals surface area contributed by atoms with Crippen molar-refractivity contribution in [3.63, 3.8) is 0 Å². The number of para-hydroxylation sites is 1. The molecular formula is C11H12N4O4S2. The molecule has 0 atom stereocenters. The van der Waals surface area contributed by atoms with Crippen molar-refractivity contribution in [2.24, 2.45) is 0 Å². The van der Waals surface area contributed by atoms with E-state index in [1.807, 2.05) is 13.8 Å². The fraction of sp³-hybridized carbons (Fsp3) is 0.273. The second kappa shape index (κ2) is 5.74. The summed E-state index contributed by atoms with van der Waals surface area (Å²) in [6.07, 6.45) is 0. The van der Waals surface area contributed by atoms with Gasteiger partial charge in [0.05, 0.1) is 4.92 Å². The van der Waals surface area contributed by atoms with Crippen LogP contribution in [0.15, 0.2) is 29.2 Å². The van der Waals surface area contributed by atoms with Crippen LogP contribution in [0.25, 0.3) is 0 Å². The number of aromatic nitrogens is 2. The second-order valence-electron chi connectivity index (χ2n) is 4.43. The molecule has 112 valence electrons. The van der Waals surface area contributed by atoms with E-state index in [0.29, 0.717) is 5.01 Å². The van der Waals surface area contributed by atoms with Crippen LogP contribution < -0.4 is 4.72 Å². The molecule has 10 heteroatoms. The molecule has 0 saturated heterocycles. The largest absolute Gasteiger partial charge is 0.289 e. The Labute approximate surface area is 125 Å². The van der Waals surface area contributed by atoms with Crippen molar-refractivity contribution in [2.45, 2.75) is 24.7 Å². The number of nitro groups is 1. The van der Waals surface area contributed by atoms with Crippen LogP contribution >= 0.6 is 11.3 Å². The number of hydrogen-bond acceptors (Lipinski definition) is 7. The molecule has 0 saturated carbocycles. The highest BCUT2D eigenvalue weighted by Crippen LogP contribution is 2.28. The topological polar surface area (TPSA) is 115 Å². The fourth-order valence-electron chi connectivity index (χ4n) is 1.51. The molecule has 0 aliphatic carbocycles. The lowest BCUT2D eigenvalue weighted by Gasteiger charge is -2.05. The summed E-state index contributed by atoms with van der Waals surface area (Å²) < 4.78 is 26.7. The predicted molar refractivity (Wildman–Crippen MR) is 77.9 cm³/mol. The molecule has 0 spiro atoms. The van der Waals surface area contributed by atoms with Gasteiger partial charge in [0, 0.05) is 12.0 Å². The summed E-state index contributed by atoms with van der Waals surface area (Å²) in [5, 5.41) is 19.2. The highest BCUT2D eigenvalue weighted by Gasteiger charge is 2.26. The molecule has 2 aromatic rings. The minimum Gasteiger partial charge on any atom is -0.258 e. The summed E-state index contributed by atoms with van der Waals surface area (Å²) in [6.45, 7) is 3.81. The second-order valence-corrected chi connectivity index (χ2v) is 7.09. The van der Waals surface area contributed by atoms with Gasteiger partial charge in [-0.3, -0.25) is 14.8 Å². The van der Waals surface area contributed by atoms with E-state index in [-0.39, 0.29) is 11.0 Å². The Morgan fingerprint density at radius 3 is 2.52 bits per heavy atom. The zero-order valence-corrected chi connectivity index (χ0v) is 12.8. The number of hydrogen-bond donors (Lipinski definition) is 1. The number of nitrogens with one attached hydrogen (secondary N) is 1. The van der Waals surface area contributed by atoms with Gasteiger partial charge in [-0.25, -0.2) is 8.42 Å². The molecule has 21 heavy (non-hydrogen) atoms. The average molecular weight is 328 g/mol. The molecule has 1 N–H and O–H groups in total. The standard InChI is InChI=1S/C11H12N4O4S2/c1-7(2)10-12-13-11(20-10)14-21(18,19)9-6-4-3-5-8(9)15(16)17/h3-7H,1-2H3,(H,13,14). The zero-order valence-electron chi connectivity index (χ0n) is 11.2. The Kier molecular flexibility index (Phi) is 4.19. The maximum Gasteiger partial charge on any atom is 0.289 e. The van der Waals surface area contributed by atoms with Crippen molar-refractivity contribution in [2.75, 3.05) is 4.72 Å². The summed E-state index contributed by atoms with van der Waals surface area (Å²) in [6, 6.07) is 5.12. The Morgan fingerprint density at radius 1 is 1.29 bits per heavy atom. The third-order valence-corrected chi connectivity index (χ3v) is 5.16. The van der Waals surface area contributed by atoms with E-state index in [4.69, 9.17) is 0 Å². The van der Waals surface area contributed by atoms with Crippen LogP contribution in [0.4, 0.5) is 10.8 Å². The van der Waals surface area contributed by atoms with Crippen molar-refractivity contribution in [1.29, 1.82) is 0 Å². The summed E-state index contributed by atoms with van der Waals surface area (Å²) in [4.78, 5) is 9.75. The van der Waals surface area contributed by atoms with Crippen LogP contribution in [0.5, 0.6) is 0 Å². The monoisotopic (exact) mass is 328 g/mol. The Balaban J connectivity index is 2.36. The Hall–Kier alpha value is -2.07. The molecule has 0 fully saturated rings. The molecule has 8 nitrogen and oxygen atoms in total. The number of nitrogens with zero attached hydrogens (tertiary/aromatic N) is 3. The third kappa shape index (κ3) is 3.34. The zero-order chi connectivity index (χ0) is 15.6. The smallest absolute Gasteiger partial charge is 0.258 e. The number of rotatable bonds is 5. The van der Waals surface area contributed by atoms with Crippen molar-refractivity contribution in [1.82, 2.24) is 10.2 Å². The lowest BCUT2D eigenvalue weighted by atomic mass is 10.2. The highest BCUT2D eigenvalue weighted by atomic mass is 32.2. The molecule has 0 radical (unpaired) electrons. The first-order valence-corrected chi connectivity index (χ1v) is 8.21. The lowest BCUT2D eigenvalue weighted by molar-refractivity contribution is -0.387. The Bertz CT molecular complexity index is 770. The molecule has 1 aromatic heterocycles. The third-order valence-electron chi connectivity index (χ3n) is 2.51. The van der Waals surface area contributed by atoms with Gasteiger partial charge in [-0.15, -0.1) is 10.2 Å². The van der Waals surface area contributed by atoms with E-state index in [1.165, 1.54) is 18.2 Å². The van der Waals surface area contributed by atoms with Gasteiger partial charge in [-0.2, -0.15) is 0 Å². The summed E-state index contributed by atoms with van der Waals surface area (Å²) in [5.74, 6) is 0.117. The molecule has 1 aromatic carbocycles. The van der Waals surface area contributed by atoms with Crippen molar-refractivity contribution in [3.05, 3.63) is 39.4 Å². The van der Waals surface area contributed by atoms with Crippen molar-refractivity contribution >= 4 is 32.2 Å². The SMILES string of the molecule is CC(C)c1nnc(NS(=O)(=O)c2ccccc2[N+](=O)[O-])s1. The average Bonchev–Trinajstić information content (AvgIpc) is 2.86. The first-order valence-electron chi connectivity index (χ1n) is 5.91. The maximum atomic E-state index is 12.2. The maximum absolute atomic E-state index is 12.2. The van der Waals surface area contributed by atoms with E-state index in [9.17, 15) is 18.5 Å². The predicted octanol–water partition coefficient (Wildman–Crippen LogP) is 2.37. The van der Waals surface area contributed by atoms with Crippen LogP contribution in [-0.2, 0) is 10.0 Å². The lowest BCUT2D eigenvalue weighted by Crippen LogP contribution is -2.14. The van der Waals surface area contributed by atoms with Crippen molar-refractivity contribution < 1.29 is 13.3 Å². The van der Waals surface area contributed by atoms with Gasteiger partial charge in [0.25, 0.3) is 15.7 Å².